The molecule has 1 aromatic heterocycles. The number of benzene rings is 1. The molecule has 0 saturated heterocycles. The molecule has 0 radical (unpaired) electrons. The van der Waals surface area contributed by atoms with Gasteiger partial charge in [-0.2, -0.15) is 5.10 Å². The number of H-pyrrole nitrogens is 1. The second kappa shape index (κ2) is 6.87. The van der Waals surface area contributed by atoms with Crippen molar-refractivity contribution in [2.45, 2.75) is 26.2 Å². The van der Waals surface area contributed by atoms with Gasteiger partial charge in [0.05, 0.1) is 28.7 Å². The maximum Gasteiger partial charge on any atom is 0.354 e. The van der Waals surface area contributed by atoms with Crippen LogP contribution in [0, 0.1) is 0 Å². The fourth-order valence-electron chi connectivity index (χ4n) is 2.63. The molecule has 23 heavy (non-hydrogen) atoms. The number of nitrogens with one attached hydrogen (secondary N) is 2. The van der Waals surface area contributed by atoms with Crippen molar-refractivity contribution in [3.05, 3.63) is 52.3 Å². The number of esters is 1. The van der Waals surface area contributed by atoms with Gasteiger partial charge in [0.25, 0.3) is 0 Å². The van der Waals surface area contributed by atoms with Crippen molar-refractivity contribution >= 4 is 29.0 Å². The number of hydrazone groups is 1. The molecule has 0 atom stereocenters. The Hall–Kier alpha value is -2.27. The minimum absolute atomic E-state index is 0.333. The molecule has 5 nitrogen and oxygen atoms in total. The van der Waals surface area contributed by atoms with Crippen LogP contribution >= 0.6 is 11.6 Å². The number of aryl methyl sites for hydroxylation is 1. The van der Waals surface area contributed by atoms with E-state index in [1.54, 1.807) is 6.92 Å². The minimum Gasteiger partial charge on any atom is -0.461 e. The highest BCUT2D eigenvalue weighted by Gasteiger charge is 2.21. The first-order chi connectivity index (χ1) is 11.2. The number of ether oxygens (including phenoxy) is 1. The van der Waals surface area contributed by atoms with E-state index >= 15 is 0 Å². The van der Waals surface area contributed by atoms with Gasteiger partial charge < -0.3 is 9.72 Å². The molecular weight excluding hydrogens is 314 g/mol. The van der Waals surface area contributed by atoms with Gasteiger partial charge in [-0.3, -0.25) is 5.43 Å². The summed E-state index contributed by atoms with van der Waals surface area (Å²) < 4.78 is 5.04. The Balaban J connectivity index is 1.85. The quantitative estimate of drug-likeness (QED) is 0.657. The molecule has 1 heterocycles. The number of hydrogen-bond donors (Lipinski definition) is 2. The summed E-state index contributed by atoms with van der Waals surface area (Å²) >= 11 is 6.12. The number of aromatic amines is 1. The van der Waals surface area contributed by atoms with Gasteiger partial charge in [-0.15, -0.1) is 0 Å². The van der Waals surface area contributed by atoms with Crippen LogP contribution in [-0.2, 0) is 11.2 Å². The van der Waals surface area contributed by atoms with E-state index in [1.807, 2.05) is 30.3 Å². The first-order valence-electron chi connectivity index (χ1n) is 7.65. The Labute approximate surface area is 139 Å². The predicted octanol–water partition coefficient (Wildman–Crippen LogP) is 4.00. The zero-order valence-electron chi connectivity index (χ0n) is 12.9. The number of para-hydroxylation sites is 1. The van der Waals surface area contributed by atoms with Crippen LogP contribution in [-0.4, -0.2) is 23.3 Å². The minimum atomic E-state index is -0.333. The summed E-state index contributed by atoms with van der Waals surface area (Å²) in [5.74, 6) is -0.333. The van der Waals surface area contributed by atoms with E-state index in [0.29, 0.717) is 17.3 Å². The molecule has 0 aliphatic heterocycles. The van der Waals surface area contributed by atoms with Crippen molar-refractivity contribution < 1.29 is 9.53 Å². The van der Waals surface area contributed by atoms with Crippen molar-refractivity contribution in [2.75, 3.05) is 12.0 Å². The summed E-state index contributed by atoms with van der Waals surface area (Å²) in [6.07, 6.45) is 2.76. The average molecular weight is 332 g/mol. The normalized spacial score (nSPS) is 15.3. The number of hydrogen-bond acceptors (Lipinski definition) is 4. The average Bonchev–Trinajstić information content (AvgIpc) is 2.99. The van der Waals surface area contributed by atoms with E-state index in [2.05, 4.69) is 15.5 Å². The molecule has 2 aromatic rings. The van der Waals surface area contributed by atoms with Gasteiger partial charge in [0.15, 0.2) is 0 Å². The third-order valence-corrected chi connectivity index (χ3v) is 4.06. The predicted molar refractivity (Wildman–Crippen MR) is 91.3 cm³/mol. The van der Waals surface area contributed by atoms with Crippen LogP contribution in [0.25, 0.3) is 0 Å². The summed E-state index contributed by atoms with van der Waals surface area (Å²) in [4.78, 5) is 15.0. The lowest BCUT2D eigenvalue weighted by Gasteiger charge is -2.14. The van der Waals surface area contributed by atoms with Crippen molar-refractivity contribution in [3.63, 3.8) is 0 Å². The lowest BCUT2D eigenvalue weighted by atomic mass is 9.96. The largest absolute Gasteiger partial charge is 0.461 e. The molecule has 2 N–H and O–H groups in total. The number of fused-ring (bicyclic) bond motifs is 1. The van der Waals surface area contributed by atoms with Crippen LogP contribution in [0.5, 0.6) is 0 Å². The number of aromatic nitrogens is 1. The van der Waals surface area contributed by atoms with Crippen molar-refractivity contribution in [1.82, 2.24) is 4.98 Å². The topological polar surface area (TPSA) is 66.5 Å². The molecule has 0 spiro atoms. The Bertz CT molecular complexity index is 752. The van der Waals surface area contributed by atoms with Gasteiger partial charge in [-0.25, -0.2) is 4.79 Å². The molecule has 0 amide bonds. The zero-order valence-corrected chi connectivity index (χ0v) is 13.6. The Morgan fingerprint density at radius 2 is 2.22 bits per heavy atom. The lowest BCUT2D eigenvalue weighted by Crippen LogP contribution is -2.13. The number of anilines is 1. The van der Waals surface area contributed by atoms with Crippen LogP contribution in [0.4, 0.5) is 5.69 Å². The van der Waals surface area contributed by atoms with E-state index < -0.39 is 0 Å². The molecule has 1 aliphatic rings. The van der Waals surface area contributed by atoms with E-state index in [9.17, 15) is 4.79 Å². The van der Waals surface area contributed by atoms with Gasteiger partial charge in [0, 0.05) is 0 Å². The van der Waals surface area contributed by atoms with E-state index in [-0.39, 0.29) is 5.97 Å². The van der Waals surface area contributed by atoms with E-state index in [4.69, 9.17) is 16.3 Å². The van der Waals surface area contributed by atoms with Crippen LogP contribution in [0.2, 0.25) is 5.02 Å². The third-order valence-electron chi connectivity index (χ3n) is 3.73. The lowest BCUT2D eigenvalue weighted by molar-refractivity contribution is 0.0520. The fourth-order valence-corrected chi connectivity index (χ4v) is 2.81. The van der Waals surface area contributed by atoms with E-state index in [1.165, 1.54) is 0 Å². The number of halogens is 1. The Kier molecular flexibility index (Phi) is 4.67. The molecule has 0 saturated carbocycles. The highest BCUT2D eigenvalue weighted by Crippen LogP contribution is 2.25. The summed E-state index contributed by atoms with van der Waals surface area (Å²) in [6, 6.07) is 9.31. The third kappa shape index (κ3) is 3.40. The van der Waals surface area contributed by atoms with Crippen LogP contribution in [0.15, 0.2) is 35.4 Å². The summed E-state index contributed by atoms with van der Waals surface area (Å²) in [5.41, 5.74) is 7.13. The molecule has 0 bridgehead atoms. The second-order valence-electron chi connectivity index (χ2n) is 5.31. The molecule has 1 aliphatic carbocycles. The first-order valence-corrected chi connectivity index (χ1v) is 8.03. The molecule has 1 aromatic carbocycles. The van der Waals surface area contributed by atoms with Crippen molar-refractivity contribution in [3.8, 4) is 0 Å². The Morgan fingerprint density at radius 3 is 3.00 bits per heavy atom. The molecule has 6 heteroatoms. The maximum atomic E-state index is 11.9. The highest BCUT2D eigenvalue weighted by molar-refractivity contribution is 6.33. The van der Waals surface area contributed by atoms with E-state index in [0.717, 1.165) is 41.9 Å². The molecule has 120 valence electrons. The van der Waals surface area contributed by atoms with Gasteiger partial charge in [-0.05, 0) is 49.9 Å². The maximum absolute atomic E-state index is 11.9. The van der Waals surface area contributed by atoms with Crippen LogP contribution in [0.1, 0.15) is 41.5 Å². The van der Waals surface area contributed by atoms with Gasteiger partial charge in [0.1, 0.15) is 5.69 Å². The summed E-state index contributed by atoms with van der Waals surface area (Å²) in [5, 5.41) is 5.09. The number of nitrogens with zero attached hydrogens (tertiary/aromatic N) is 1. The Morgan fingerprint density at radius 1 is 1.39 bits per heavy atom. The fraction of sp³-hybridized carbons (Fsp3) is 0.294. The number of carbonyl (C=O) groups excluding carboxylic acids is 1. The van der Waals surface area contributed by atoms with Crippen molar-refractivity contribution in [1.29, 1.82) is 0 Å². The number of rotatable bonds is 4. The highest BCUT2D eigenvalue weighted by atomic mass is 35.5. The molecule has 0 fully saturated rings. The van der Waals surface area contributed by atoms with Gasteiger partial charge in [-0.1, -0.05) is 23.7 Å². The zero-order chi connectivity index (χ0) is 16.2. The smallest absolute Gasteiger partial charge is 0.354 e. The molecular formula is C17H18ClN3O2. The van der Waals surface area contributed by atoms with Crippen molar-refractivity contribution in [2.24, 2.45) is 5.10 Å². The van der Waals surface area contributed by atoms with Crippen LogP contribution in [0.3, 0.4) is 0 Å². The number of carbonyl (C=O) groups is 1. The van der Waals surface area contributed by atoms with Crippen LogP contribution < -0.4 is 5.43 Å². The molecule has 3 rings (SSSR count). The van der Waals surface area contributed by atoms with Gasteiger partial charge in [0.2, 0.25) is 0 Å². The second-order valence-corrected chi connectivity index (χ2v) is 5.71. The summed E-state index contributed by atoms with van der Waals surface area (Å²) in [6.45, 7) is 2.15. The summed E-state index contributed by atoms with van der Waals surface area (Å²) in [7, 11) is 0. The SMILES string of the molecule is CCOC(=O)c1cc2c([nH]1)/C(=N/Nc1ccccc1Cl)CCC2. The molecule has 0 unspecified atom stereocenters. The first kappa shape index (κ1) is 15.6. The monoisotopic (exact) mass is 331 g/mol. The van der Waals surface area contributed by atoms with Gasteiger partial charge >= 0.3 is 5.97 Å². The standard InChI is InChI=1S/C17H18ClN3O2/c1-2-23-17(22)15-10-11-6-5-9-14(16(11)19-15)21-20-13-8-4-3-7-12(13)18/h3-4,7-8,10,19-20H,2,5-6,9H2,1H3/b21-14+.